The van der Waals surface area contributed by atoms with E-state index in [9.17, 15) is 13.2 Å². The Labute approximate surface area is 165 Å². The van der Waals surface area contributed by atoms with E-state index >= 15 is 0 Å². The Kier molecular flexibility index (Phi) is 4.63. The van der Waals surface area contributed by atoms with Gasteiger partial charge in [0.15, 0.2) is 9.84 Å². The van der Waals surface area contributed by atoms with Crippen LogP contribution in [-0.4, -0.2) is 38.9 Å². The van der Waals surface area contributed by atoms with E-state index in [0.29, 0.717) is 18.5 Å². The average Bonchev–Trinajstić information content (AvgIpc) is 3.26. The monoisotopic (exact) mass is 397 g/mol. The predicted molar refractivity (Wildman–Crippen MR) is 113 cm³/mol. The van der Waals surface area contributed by atoms with E-state index in [1.807, 2.05) is 49.4 Å². The quantitative estimate of drug-likeness (QED) is 0.776. The maximum absolute atomic E-state index is 12.3. The third kappa shape index (κ3) is 3.49. The largest absolute Gasteiger partial charge is 0.370 e. The molecule has 2 N–H and O–H groups in total. The van der Waals surface area contributed by atoms with Crippen molar-refractivity contribution in [3.63, 3.8) is 0 Å². The molecule has 1 atom stereocenters. The van der Waals surface area contributed by atoms with Gasteiger partial charge in [-0.2, -0.15) is 0 Å². The molecule has 146 valence electrons. The summed E-state index contributed by atoms with van der Waals surface area (Å²) < 4.78 is 23.5. The second kappa shape index (κ2) is 6.98. The van der Waals surface area contributed by atoms with E-state index in [-0.39, 0.29) is 11.2 Å². The molecule has 1 fully saturated rings. The first-order chi connectivity index (χ1) is 13.3. The molecule has 0 spiro atoms. The van der Waals surface area contributed by atoms with E-state index in [1.54, 1.807) is 6.20 Å². The van der Waals surface area contributed by atoms with E-state index in [1.165, 1.54) is 6.26 Å². The van der Waals surface area contributed by atoms with Gasteiger partial charge in [-0.05, 0) is 49.2 Å². The molecule has 0 radical (unpaired) electrons. The number of anilines is 3. The Morgan fingerprint density at radius 2 is 1.93 bits per heavy atom. The normalized spacial score (nSPS) is 20.4. The Morgan fingerprint density at radius 1 is 1.18 bits per heavy atom. The molecule has 2 aromatic carbocycles. The SMILES string of the molecule is Cc1cccc2c1C(=CNc1ccc(N3CCC(S(C)(=O)=O)C3)cc1)C(=O)N2. The van der Waals surface area contributed by atoms with Crippen LogP contribution in [0, 0.1) is 6.92 Å². The van der Waals surface area contributed by atoms with Crippen LogP contribution in [0.15, 0.2) is 48.7 Å². The highest BCUT2D eigenvalue weighted by atomic mass is 32.2. The van der Waals surface area contributed by atoms with Crippen molar-refractivity contribution in [3.05, 3.63) is 59.8 Å². The van der Waals surface area contributed by atoms with Crippen LogP contribution in [0.3, 0.4) is 0 Å². The lowest BCUT2D eigenvalue weighted by atomic mass is 10.0. The Hall–Kier alpha value is -2.80. The highest BCUT2D eigenvalue weighted by Gasteiger charge is 2.30. The fourth-order valence-corrected chi connectivity index (χ4v) is 4.79. The van der Waals surface area contributed by atoms with Crippen molar-refractivity contribution < 1.29 is 13.2 Å². The highest BCUT2D eigenvalue weighted by molar-refractivity contribution is 7.91. The zero-order valence-electron chi connectivity index (χ0n) is 15.9. The Morgan fingerprint density at radius 3 is 2.61 bits per heavy atom. The van der Waals surface area contributed by atoms with Gasteiger partial charge in [0.05, 0.1) is 10.8 Å². The number of amides is 1. The summed E-state index contributed by atoms with van der Waals surface area (Å²) in [4.78, 5) is 14.4. The number of rotatable bonds is 4. The van der Waals surface area contributed by atoms with Gasteiger partial charge < -0.3 is 15.5 Å². The van der Waals surface area contributed by atoms with Gasteiger partial charge in [-0.25, -0.2) is 8.42 Å². The molecule has 1 unspecified atom stereocenters. The number of carbonyl (C=O) groups is 1. The second-order valence-electron chi connectivity index (χ2n) is 7.39. The molecule has 0 aromatic heterocycles. The Bertz CT molecular complexity index is 1060. The minimum atomic E-state index is -3.00. The molecular weight excluding hydrogens is 374 g/mol. The summed E-state index contributed by atoms with van der Waals surface area (Å²) in [6, 6.07) is 13.6. The van der Waals surface area contributed by atoms with Crippen molar-refractivity contribution in [2.45, 2.75) is 18.6 Å². The molecule has 2 aliphatic heterocycles. The van der Waals surface area contributed by atoms with Crippen molar-refractivity contribution in [2.24, 2.45) is 0 Å². The number of nitrogens with one attached hydrogen (secondary N) is 2. The minimum Gasteiger partial charge on any atom is -0.370 e. The van der Waals surface area contributed by atoms with Gasteiger partial charge in [0.2, 0.25) is 0 Å². The highest BCUT2D eigenvalue weighted by Crippen LogP contribution is 2.34. The van der Waals surface area contributed by atoms with Crippen molar-refractivity contribution in [1.29, 1.82) is 0 Å². The van der Waals surface area contributed by atoms with Crippen LogP contribution in [0.4, 0.5) is 17.1 Å². The molecule has 2 aromatic rings. The molecule has 2 heterocycles. The molecule has 0 bridgehead atoms. The van der Waals surface area contributed by atoms with Crippen molar-refractivity contribution in [3.8, 4) is 0 Å². The maximum Gasteiger partial charge on any atom is 0.257 e. The first kappa shape index (κ1) is 18.6. The topological polar surface area (TPSA) is 78.5 Å². The molecule has 6 nitrogen and oxygen atoms in total. The van der Waals surface area contributed by atoms with Crippen LogP contribution in [0.5, 0.6) is 0 Å². The smallest absolute Gasteiger partial charge is 0.257 e. The van der Waals surface area contributed by atoms with Crippen molar-refractivity contribution in [2.75, 3.05) is 34.9 Å². The van der Waals surface area contributed by atoms with Crippen LogP contribution in [0.2, 0.25) is 0 Å². The lowest BCUT2D eigenvalue weighted by Crippen LogP contribution is -2.25. The minimum absolute atomic E-state index is 0.114. The zero-order valence-corrected chi connectivity index (χ0v) is 16.7. The van der Waals surface area contributed by atoms with Gasteiger partial charge in [-0.1, -0.05) is 12.1 Å². The van der Waals surface area contributed by atoms with Gasteiger partial charge in [0.1, 0.15) is 0 Å². The zero-order chi connectivity index (χ0) is 19.9. The first-order valence-corrected chi connectivity index (χ1v) is 11.2. The van der Waals surface area contributed by atoms with E-state index in [0.717, 1.165) is 34.7 Å². The van der Waals surface area contributed by atoms with Crippen LogP contribution < -0.4 is 15.5 Å². The number of hydrogen-bond acceptors (Lipinski definition) is 5. The third-order valence-corrected chi connectivity index (χ3v) is 7.00. The average molecular weight is 398 g/mol. The van der Waals surface area contributed by atoms with E-state index in [2.05, 4.69) is 15.5 Å². The van der Waals surface area contributed by atoms with Crippen molar-refractivity contribution >= 4 is 38.4 Å². The van der Waals surface area contributed by atoms with Crippen LogP contribution in [0.1, 0.15) is 17.5 Å². The molecule has 28 heavy (non-hydrogen) atoms. The summed E-state index contributed by atoms with van der Waals surface area (Å²) in [5, 5.41) is 5.79. The lowest BCUT2D eigenvalue weighted by Gasteiger charge is -2.18. The van der Waals surface area contributed by atoms with Gasteiger partial charge in [0.25, 0.3) is 5.91 Å². The molecule has 1 saturated heterocycles. The van der Waals surface area contributed by atoms with Gasteiger partial charge in [-0.15, -0.1) is 0 Å². The number of fused-ring (bicyclic) bond motifs is 1. The van der Waals surface area contributed by atoms with Gasteiger partial charge >= 0.3 is 0 Å². The molecule has 4 rings (SSSR count). The number of benzene rings is 2. The fraction of sp³-hybridized carbons (Fsp3) is 0.286. The van der Waals surface area contributed by atoms with Crippen LogP contribution in [0.25, 0.3) is 5.57 Å². The summed E-state index contributed by atoms with van der Waals surface area (Å²) in [5.41, 5.74) is 5.30. The van der Waals surface area contributed by atoms with E-state index < -0.39 is 9.84 Å². The van der Waals surface area contributed by atoms with Gasteiger partial charge in [0, 0.05) is 48.2 Å². The third-order valence-electron chi connectivity index (χ3n) is 5.40. The van der Waals surface area contributed by atoms with Gasteiger partial charge in [-0.3, -0.25) is 4.79 Å². The summed E-state index contributed by atoms with van der Waals surface area (Å²) in [6.07, 6.45) is 3.71. The summed E-state index contributed by atoms with van der Waals surface area (Å²) in [5.74, 6) is -0.114. The van der Waals surface area contributed by atoms with E-state index in [4.69, 9.17) is 0 Å². The molecular formula is C21H23N3O3S. The molecule has 0 saturated carbocycles. The molecule has 0 aliphatic carbocycles. The van der Waals surface area contributed by atoms with Crippen LogP contribution in [-0.2, 0) is 14.6 Å². The molecule has 7 heteroatoms. The summed E-state index contributed by atoms with van der Waals surface area (Å²) in [7, 11) is -3.00. The second-order valence-corrected chi connectivity index (χ2v) is 9.71. The number of sulfone groups is 1. The van der Waals surface area contributed by atoms with Crippen LogP contribution >= 0.6 is 0 Å². The summed E-state index contributed by atoms with van der Waals surface area (Å²) >= 11 is 0. The molecule has 1 amide bonds. The summed E-state index contributed by atoms with van der Waals surface area (Å²) in [6.45, 7) is 3.26. The number of carbonyl (C=O) groups excluding carboxylic acids is 1. The standard InChI is InChI=1S/C21H23N3O3S/c1-14-4-3-5-19-20(14)18(21(25)23-19)12-22-15-6-8-16(9-7-15)24-11-10-17(13-24)28(2,26)27/h3-9,12,17,22H,10-11,13H2,1-2H3,(H,23,25). The number of nitrogens with zero attached hydrogens (tertiary/aromatic N) is 1. The fourth-order valence-electron chi connectivity index (χ4n) is 3.81. The Balaban J connectivity index is 1.48. The maximum atomic E-state index is 12.3. The number of hydrogen-bond donors (Lipinski definition) is 2. The molecule has 2 aliphatic rings. The predicted octanol–water partition coefficient (Wildman–Crippen LogP) is 3.02. The number of aryl methyl sites for hydroxylation is 1. The first-order valence-electron chi connectivity index (χ1n) is 9.25. The van der Waals surface area contributed by atoms with Crippen molar-refractivity contribution in [1.82, 2.24) is 0 Å². The lowest BCUT2D eigenvalue weighted by molar-refractivity contribution is -0.110.